The van der Waals surface area contributed by atoms with Crippen molar-refractivity contribution in [3.05, 3.63) is 72.4 Å². The van der Waals surface area contributed by atoms with Crippen LogP contribution in [0.4, 0.5) is 10.5 Å². The third kappa shape index (κ3) is 3.93. The highest BCUT2D eigenvalue weighted by Gasteiger charge is 2.36. The molecule has 1 fully saturated rings. The molecule has 0 saturated carbocycles. The molecule has 0 aliphatic carbocycles. The minimum atomic E-state index is -3.61. The van der Waals surface area contributed by atoms with E-state index in [0.717, 1.165) is 10.5 Å². The molecule has 0 N–H and O–H groups in total. The van der Waals surface area contributed by atoms with E-state index in [2.05, 4.69) is 6.58 Å². The number of anilines is 1. The molecule has 140 valence electrons. The number of carbonyl (C=O) groups is 2. The van der Waals surface area contributed by atoms with E-state index in [1.807, 2.05) is 13.0 Å². The fraction of sp³-hybridized carbons (Fsp3) is 0.200. The van der Waals surface area contributed by atoms with Crippen LogP contribution in [0.1, 0.15) is 12.0 Å². The summed E-state index contributed by atoms with van der Waals surface area (Å²) in [6.45, 7) is 5.47. The average Bonchev–Trinajstić information content (AvgIpc) is 2.62. The summed E-state index contributed by atoms with van der Waals surface area (Å²) in [7, 11) is -3.61. The highest BCUT2D eigenvalue weighted by atomic mass is 32.2. The Labute approximate surface area is 158 Å². The molecule has 0 spiro atoms. The number of hydrogen-bond acceptors (Lipinski definition) is 4. The number of rotatable bonds is 5. The molecule has 0 atom stereocenters. The fourth-order valence-corrected chi connectivity index (χ4v) is 4.09. The molecule has 2 aromatic carbocycles. The maximum atomic E-state index is 12.8. The van der Waals surface area contributed by atoms with Gasteiger partial charge in [-0.15, -0.1) is 0 Å². The number of sulfone groups is 1. The summed E-state index contributed by atoms with van der Waals surface area (Å²) in [5.74, 6) is -0.779. The van der Waals surface area contributed by atoms with Crippen molar-refractivity contribution in [1.82, 2.24) is 4.90 Å². The van der Waals surface area contributed by atoms with Crippen LogP contribution in [0.2, 0.25) is 0 Å². The van der Waals surface area contributed by atoms with Gasteiger partial charge >= 0.3 is 6.03 Å². The number of hydrogen-bond donors (Lipinski definition) is 0. The molecule has 7 heteroatoms. The van der Waals surface area contributed by atoms with Gasteiger partial charge < -0.3 is 0 Å². The van der Waals surface area contributed by atoms with Gasteiger partial charge in [0.25, 0.3) is 0 Å². The number of carbonyl (C=O) groups excluding carboxylic acids is 2. The summed E-state index contributed by atoms with van der Waals surface area (Å²) in [5, 5.41) is 0. The van der Waals surface area contributed by atoms with Crippen molar-refractivity contribution in [2.45, 2.75) is 18.2 Å². The van der Waals surface area contributed by atoms with Gasteiger partial charge in [-0.1, -0.05) is 42.5 Å². The van der Waals surface area contributed by atoms with Gasteiger partial charge in [-0.25, -0.2) is 13.2 Å². The quantitative estimate of drug-likeness (QED) is 0.794. The Balaban J connectivity index is 1.79. The first kappa shape index (κ1) is 18.8. The van der Waals surface area contributed by atoms with Crippen molar-refractivity contribution in [2.24, 2.45) is 0 Å². The monoisotopic (exact) mass is 384 g/mol. The fourth-order valence-electron chi connectivity index (χ4n) is 2.88. The summed E-state index contributed by atoms with van der Waals surface area (Å²) >= 11 is 0. The van der Waals surface area contributed by atoms with Crippen LogP contribution in [0.3, 0.4) is 0 Å². The van der Waals surface area contributed by atoms with Crippen molar-refractivity contribution >= 4 is 27.5 Å². The van der Waals surface area contributed by atoms with Crippen molar-refractivity contribution in [3.63, 3.8) is 0 Å². The predicted octanol–water partition coefficient (Wildman–Crippen LogP) is 3.14. The molecule has 1 saturated heterocycles. The molecule has 3 amide bonds. The van der Waals surface area contributed by atoms with Gasteiger partial charge in [-0.05, 0) is 31.2 Å². The van der Waals surface area contributed by atoms with Gasteiger partial charge in [0.1, 0.15) is 0 Å². The summed E-state index contributed by atoms with van der Waals surface area (Å²) < 4.78 is 25.1. The molecule has 27 heavy (non-hydrogen) atoms. The summed E-state index contributed by atoms with van der Waals surface area (Å²) in [5.41, 5.74) is 1.91. The topological polar surface area (TPSA) is 74.8 Å². The van der Waals surface area contributed by atoms with Gasteiger partial charge in [0.15, 0.2) is 9.84 Å². The van der Waals surface area contributed by atoms with Crippen LogP contribution in [-0.4, -0.2) is 37.6 Å². The van der Waals surface area contributed by atoms with Gasteiger partial charge in [0, 0.05) is 12.2 Å². The molecule has 0 unspecified atom stereocenters. The lowest BCUT2D eigenvalue weighted by molar-refractivity contribution is -0.127. The van der Waals surface area contributed by atoms with Gasteiger partial charge in [-0.2, -0.15) is 0 Å². The molecule has 1 aliphatic rings. The van der Waals surface area contributed by atoms with Crippen molar-refractivity contribution in [3.8, 4) is 0 Å². The van der Waals surface area contributed by atoms with Crippen molar-refractivity contribution in [2.75, 3.05) is 17.2 Å². The third-order valence-corrected chi connectivity index (χ3v) is 6.08. The maximum Gasteiger partial charge on any atom is 0.335 e. The molecule has 1 heterocycles. The zero-order valence-corrected chi connectivity index (χ0v) is 15.8. The van der Waals surface area contributed by atoms with Crippen LogP contribution < -0.4 is 4.90 Å². The second-order valence-corrected chi connectivity index (χ2v) is 8.48. The Bertz CT molecular complexity index is 982. The lowest BCUT2D eigenvalue weighted by atomic mass is 10.2. The lowest BCUT2D eigenvalue weighted by Gasteiger charge is -2.35. The summed E-state index contributed by atoms with van der Waals surface area (Å²) in [6.07, 6.45) is -0.0365. The average molecular weight is 384 g/mol. The molecule has 2 aromatic rings. The maximum absolute atomic E-state index is 12.8. The van der Waals surface area contributed by atoms with E-state index in [-0.39, 0.29) is 23.6 Å². The first-order valence-electron chi connectivity index (χ1n) is 8.46. The number of urea groups is 1. The summed E-state index contributed by atoms with van der Waals surface area (Å²) in [4.78, 5) is 27.6. The molecule has 0 radical (unpaired) electrons. The highest BCUT2D eigenvalue weighted by Crippen LogP contribution is 2.26. The van der Waals surface area contributed by atoms with E-state index < -0.39 is 21.8 Å². The van der Waals surface area contributed by atoms with Crippen LogP contribution >= 0.6 is 0 Å². The van der Waals surface area contributed by atoms with E-state index in [1.54, 1.807) is 36.4 Å². The first-order chi connectivity index (χ1) is 12.8. The first-order valence-corrected chi connectivity index (χ1v) is 10.1. The normalized spacial score (nSPS) is 15.4. The Morgan fingerprint density at radius 1 is 1.00 bits per heavy atom. The molecule has 0 aromatic heterocycles. The Kier molecular flexibility index (Phi) is 5.14. The molecule has 6 nitrogen and oxygen atoms in total. The second kappa shape index (κ2) is 7.36. The Hall–Kier alpha value is -2.93. The molecular formula is C20H20N2O4S. The number of imide groups is 1. The summed E-state index contributed by atoms with van der Waals surface area (Å²) in [6, 6.07) is 14.7. The van der Waals surface area contributed by atoms with Crippen LogP contribution in [0.5, 0.6) is 0 Å². The predicted molar refractivity (Wildman–Crippen MR) is 103 cm³/mol. The zero-order chi connectivity index (χ0) is 19.6. The minimum absolute atomic E-state index is 0.0365. The molecule has 0 bridgehead atoms. The largest absolute Gasteiger partial charge is 0.335 e. The zero-order valence-electron chi connectivity index (χ0n) is 15.0. The molecule has 1 aliphatic heterocycles. The van der Waals surface area contributed by atoms with Gasteiger partial charge in [0.05, 0.1) is 22.8 Å². The third-order valence-electron chi connectivity index (χ3n) is 4.37. The van der Waals surface area contributed by atoms with Crippen LogP contribution in [-0.2, 0) is 14.6 Å². The number of amides is 3. The number of aryl methyl sites for hydroxylation is 1. The van der Waals surface area contributed by atoms with E-state index in [0.29, 0.717) is 11.4 Å². The number of para-hydroxylation sites is 1. The van der Waals surface area contributed by atoms with Gasteiger partial charge in [0.2, 0.25) is 5.91 Å². The standard InChI is InChI=1S/C20H20N2O4S/c1-15-8-10-18(11-9-15)27(25,26)13-12-21-19(23)14-16(2)22(20(21)24)17-6-4-3-5-7-17/h3-11H,2,12-14H2,1H3. The highest BCUT2D eigenvalue weighted by molar-refractivity contribution is 7.91. The van der Waals surface area contributed by atoms with Crippen molar-refractivity contribution < 1.29 is 18.0 Å². The van der Waals surface area contributed by atoms with E-state index >= 15 is 0 Å². The number of nitrogens with zero attached hydrogens (tertiary/aromatic N) is 2. The number of benzene rings is 2. The van der Waals surface area contributed by atoms with Gasteiger partial charge in [-0.3, -0.25) is 14.6 Å². The molecular weight excluding hydrogens is 364 g/mol. The van der Waals surface area contributed by atoms with Crippen molar-refractivity contribution in [1.29, 1.82) is 0 Å². The van der Waals surface area contributed by atoms with Crippen LogP contribution in [0.15, 0.2) is 71.8 Å². The lowest BCUT2D eigenvalue weighted by Crippen LogP contribution is -2.52. The molecule has 3 rings (SSSR count). The van der Waals surface area contributed by atoms with E-state index in [9.17, 15) is 18.0 Å². The van der Waals surface area contributed by atoms with E-state index in [4.69, 9.17) is 0 Å². The van der Waals surface area contributed by atoms with Crippen LogP contribution in [0, 0.1) is 6.92 Å². The SMILES string of the molecule is C=C1CC(=O)N(CCS(=O)(=O)c2ccc(C)cc2)C(=O)N1c1ccccc1. The van der Waals surface area contributed by atoms with Crippen LogP contribution in [0.25, 0.3) is 0 Å². The smallest absolute Gasteiger partial charge is 0.274 e. The Morgan fingerprint density at radius 2 is 1.63 bits per heavy atom. The Morgan fingerprint density at radius 3 is 2.26 bits per heavy atom. The second-order valence-electron chi connectivity index (χ2n) is 6.37. The van der Waals surface area contributed by atoms with E-state index in [1.165, 1.54) is 17.0 Å². The minimum Gasteiger partial charge on any atom is -0.274 e.